The minimum atomic E-state index is 0.669. The van der Waals surface area contributed by atoms with E-state index in [1.165, 1.54) is 0 Å². The molecule has 2 aromatic rings. The van der Waals surface area contributed by atoms with Crippen molar-refractivity contribution in [3.05, 3.63) is 54.0 Å². The molecular formula is C17H19N5. The average Bonchev–Trinajstić information content (AvgIpc) is 2.61. The fraction of sp³-hybridized carbons (Fsp3) is 0.353. The molecule has 5 nitrogen and oxygen atoms in total. The highest BCUT2D eigenvalue weighted by Gasteiger charge is 2.18. The molecule has 22 heavy (non-hydrogen) atoms. The summed E-state index contributed by atoms with van der Waals surface area (Å²) in [5.74, 6) is 0.906. The van der Waals surface area contributed by atoms with Crippen LogP contribution in [0.5, 0.6) is 0 Å². The molecule has 2 aromatic heterocycles. The van der Waals surface area contributed by atoms with E-state index in [9.17, 15) is 0 Å². The van der Waals surface area contributed by atoms with Crippen LogP contribution in [0.15, 0.2) is 42.7 Å². The van der Waals surface area contributed by atoms with E-state index in [0.29, 0.717) is 5.56 Å². The maximum Gasteiger partial charge on any atom is 0.129 e. The van der Waals surface area contributed by atoms with Gasteiger partial charge in [-0.2, -0.15) is 5.26 Å². The van der Waals surface area contributed by atoms with Crippen molar-refractivity contribution in [3.63, 3.8) is 0 Å². The number of pyridine rings is 2. The number of piperazine rings is 1. The predicted octanol–water partition coefficient (Wildman–Crippen LogP) is 1.71. The van der Waals surface area contributed by atoms with E-state index in [2.05, 4.69) is 31.9 Å². The van der Waals surface area contributed by atoms with Gasteiger partial charge in [-0.05, 0) is 24.3 Å². The predicted molar refractivity (Wildman–Crippen MR) is 85.5 cm³/mol. The Balaban J connectivity index is 1.51. The molecule has 1 saturated heterocycles. The third-order valence-corrected chi connectivity index (χ3v) is 3.98. The molecule has 0 unspecified atom stereocenters. The summed E-state index contributed by atoms with van der Waals surface area (Å²) in [6.07, 6.45) is 4.55. The molecule has 1 aliphatic heterocycles. The number of rotatable bonds is 4. The van der Waals surface area contributed by atoms with Crippen molar-refractivity contribution >= 4 is 5.82 Å². The molecule has 0 saturated carbocycles. The van der Waals surface area contributed by atoms with Crippen molar-refractivity contribution in [2.75, 3.05) is 37.6 Å². The quantitative estimate of drug-likeness (QED) is 0.859. The van der Waals surface area contributed by atoms with Crippen LogP contribution in [0.1, 0.15) is 11.3 Å². The van der Waals surface area contributed by atoms with E-state index in [-0.39, 0.29) is 0 Å². The van der Waals surface area contributed by atoms with Crippen molar-refractivity contribution in [3.8, 4) is 6.07 Å². The third kappa shape index (κ3) is 3.60. The van der Waals surface area contributed by atoms with Crippen molar-refractivity contribution in [2.24, 2.45) is 0 Å². The zero-order chi connectivity index (χ0) is 15.2. The summed E-state index contributed by atoms with van der Waals surface area (Å²) in [7, 11) is 0. The van der Waals surface area contributed by atoms with Crippen LogP contribution in [0.2, 0.25) is 0 Å². The fourth-order valence-electron chi connectivity index (χ4n) is 2.68. The summed E-state index contributed by atoms with van der Waals surface area (Å²) in [5.41, 5.74) is 1.82. The molecule has 0 aliphatic carbocycles. The lowest BCUT2D eigenvalue weighted by Crippen LogP contribution is -2.47. The lowest BCUT2D eigenvalue weighted by Gasteiger charge is -2.35. The molecule has 5 heteroatoms. The normalized spacial score (nSPS) is 15.5. The molecule has 0 bridgehead atoms. The summed E-state index contributed by atoms with van der Waals surface area (Å²) in [4.78, 5) is 13.4. The molecule has 0 amide bonds. The van der Waals surface area contributed by atoms with Gasteiger partial charge in [-0.3, -0.25) is 9.88 Å². The second-order valence-electron chi connectivity index (χ2n) is 5.41. The van der Waals surface area contributed by atoms with E-state index in [0.717, 1.165) is 50.7 Å². The number of hydrogen-bond acceptors (Lipinski definition) is 5. The van der Waals surface area contributed by atoms with E-state index in [1.807, 2.05) is 24.4 Å². The minimum Gasteiger partial charge on any atom is -0.354 e. The van der Waals surface area contributed by atoms with Crippen molar-refractivity contribution in [1.82, 2.24) is 14.9 Å². The first-order chi connectivity index (χ1) is 10.8. The van der Waals surface area contributed by atoms with Gasteiger partial charge in [-0.15, -0.1) is 0 Å². The summed E-state index contributed by atoms with van der Waals surface area (Å²) >= 11 is 0. The maximum atomic E-state index is 8.97. The van der Waals surface area contributed by atoms with Gasteiger partial charge in [0.15, 0.2) is 0 Å². The summed E-state index contributed by atoms with van der Waals surface area (Å²) in [5, 5.41) is 8.97. The summed E-state index contributed by atoms with van der Waals surface area (Å²) in [6.45, 7) is 4.97. The second-order valence-corrected chi connectivity index (χ2v) is 5.41. The topological polar surface area (TPSA) is 56.1 Å². The fourth-order valence-corrected chi connectivity index (χ4v) is 2.68. The van der Waals surface area contributed by atoms with Gasteiger partial charge in [0, 0.05) is 57.2 Å². The Bertz CT molecular complexity index is 642. The summed E-state index contributed by atoms with van der Waals surface area (Å²) < 4.78 is 0. The molecular weight excluding hydrogens is 274 g/mol. The molecule has 0 spiro atoms. The smallest absolute Gasteiger partial charge is 0.129 e. The van der Waals surface area contributed by atoms with Crippen LogP contribution in [0.25, 0.3) is 0 Å². The first kappa shape index (κ1) is 14.5. The second kappa shape index (κ2) is 7.01. The number of hydrogen-bond donors (Lipinski definition) is 0. The number of anilines is 1. The first-order valence-corrected chi connectivity index (χ1v) is 7.58. The van der Waals surface area contributed by atoms with Crippen LogP contribution in [0, 0.1) is 11.3 Å². The molecule has 112 valence electrons. The molecule has 3 heterocycles. The van der Waals surface area contributed by atoms with Gasteiger partial charge in [0.1, 0.15) is 5.82 Å². The number of nitrogens with zero attached hydrogens (tertiary/aromatic N) is 5. The van der Waals surface area contributed by atoms with E-state index in [4.69, 9.17) is 5.26 Å². The van der Waals surface area contributed by atoms with Crippen LogP contribution < -0.4 is 4.90 Å². The zero-order valence-corrected chi connectivity index (χ0v) is 12.5. The largest absolute Gasteiger partial charge is 0.354 e. The highest BCUT2D eigenvalue weighted by molar-refractivity contribution is 5.45. The van der Waals surface area contributed by atoms with E-state index >= 15 is 0 Å². The van der Waals surface area contributed by atoms with Gasteiger partial charge < -0.3 is 4.90 Å². The van der Waals surface area contributed by atoms with E-state index < -0.39 is 0 Å². The highest BCUT2D eigenvalue weighted by Crippen LogP contribution is 2.15. The van der Waals surface area contributed by atoms with Crippen LogP contribution in [0.3, 0.4) is 0 Å². The van der Waals surface area contributed by atoms with Gasteiger partial charge in [-0.1, -0.05) is 6.07 Å². The first-order valence-electron chi connectivity index (χ1n) is 7.58. The molecule has 1 fully saturated rings. The van der Waals surface area contributed by atoms with Gasteiger partial charge in [-0.25, -0.2) is 4.98 Å². The Kier molecular flexibility index (Phi) is 4.62. The molecule has 1 aliphatic rings. The van der Waals surface area contributed by atoms with Crippen molar-refractivity contribution < 1.29 is 0 Å². The standard InChI is InChI=1S/C17H19N5/c18-14-15-4-7-20-17(13-15)22-11-9-21(10-12-22)8-5-16-3-1-2-6-19-16/h1-4,6-7,13H,5,8-12H2. The molecule has 0 radical (unpaired) electrons. The highest BCUT2D eigenvalue weighted by atomic mass is 15.3. The molecule has 0 N–H and O–H groups in total. The van der Waals surface area contributed by atoms with Crippen molar-refractivity contribution in [1.29, 1.82) is 5.26 Å². The lowest BCUT2D eigenvalue weighted by molar-refractivity contribution is 0.259. The zero-order valence-electron chi connectivity index (χ0n) is 12.5. The van der Waals surface area contributed by atoms with Crippen LogP contribution in [-0.2, 0) is 6.42 Å². The minimum absolute atomic E-state index is 0.669. The Morgan fingerprint density at radius 3 is 2.64 bits per heavy atom. The van der Waals surface area contributed by atoms with E-state index in [1.54, 1.807) is 12.3 Å². The van der Waals surface area contributed by atoms with Crippen LogP contribution >= 0.6 is 0 Å². The number of nitriles is 1. The Morgan fingerprint density at radius 2 is 1.91 bits per heavy atom. The third-order valence-electron chi connectivity index (χ3n) is 3.98. The van der Waals surface area contributed by atoms with Crippen molar-refractivity contribution in [2.45, 2.75) is 6.42 Å². The lowest BCUT2D eigenvalue weighted by atomic mass is 10.2. The SMILES string of the molecule is N#Cc1ccnc(N2CCN(CCc3ccccn3)CC2)c1. The van der Waals surface area contributed by atoms with Gasteiger partial charge in [0.05, 0.1) is 11.6 Å². The monoisotopic (exact) mass is 293 g/mol. The molecule has 3 rings (SSSR count). The number of aromatic nitrogens is 2. The Morgan fingerprint density at radius 1 is 1.05 bits per heavy atom. The Labute approximate surface area is 130 Å². The summed E-state index contributed by atoms with van der Waals surface area (Å²) in [6, 6.07) is 11.8. The van der Waals surface area contributed by atoms with Gasteiger partial charge in [0.2, 0.25) is 0 Å². The average molecular weight is 293 g/mol. The van der Waals surface area contributed by atoms with Crippen LogP contribution in [0.4, 0.5) is 5.82 Å². The van der Waals surface area contributed by atoms with Gasteiger partial charge >= 0.3 is 0 Å². The van der Waals surface area contributed by atoms with Crippen LogP contribution in [-0.4, -0.2) is 47.6 Å². The molecule has 0 aromatic carbocycles. The molecule has 0 atom stereocenters. The van der Waals surface area contributed by atoms with Gasteiger partial charge in [0.25, 0.3) is 0 Å². The Hall–Kier alpha value is -2.45. The maximum absolute atomic E-state index is 8.97.